The van der Waals surface area contributed by atoms with Gasteiger partial charge in [0.05, 0.1) is 19.8 Å². The Balaban J connectivity index is 1.99. The number of hydrogen-bond acceptors (Lipinski definition) is 3. The Hall–Kier alpha value is -2.00. The average molecular weight is 269 g/mol. The number of fused-ring (bicyclic) bond motifs is 1. The number of nitrogens with one attached hydrogen (secondary N) is 1. The number of methoxy groups -OCH3 is 1. The zero-order chi connectivity index (χ0) is 13.9. The van der Waals surface area contributed by atoms with Gasteiger partial charge in [-0.3, -0.25) is 0 Å². The minimum absolute atomic E-state index is 0.133. The van der Waals surface area contributed by atoms with E-state index in [2.05, 4.69) is 35.6 Å². The lowest BCUT2D eigenvalue weighted by molar-refractivity contribution is 0.351. The lowest BCUT2D eigenvalue weighted by Crippen LogP contribution is -2.18. The van der Waals surface area contributed by atoms with Gasteiger partial charge in [0, 0.05) is 12.0 Å². The summed E-state index contributed by atoms with van der Waals surface area (Å²) in [5.41, 5.74) is 3.71. The fraction of sp³-hybridized carbons (Fsp3) is 0.294. The first-order chi connectivity index (χ1) is 9.83. The summed E-state index contributed by atoms with van der Waals surface area (Å²) < 4.78 is 11.0. The van der Waals surface area contributed by atoms with Gasteiger partial charge in [0.15, 0.2) is 0 Å². The highest BCUT2D eigenvalue weighted by Gasteiger charge is 2.22. The van der Waals surface area contributed by atoms with Crippen LogP contribution >= 0.6 is 0 Å². The van der Waals surface area contributed by atoms with E-state index in [1.165, 1.54) is 16.7 Å². The SMILES string of the molecule is CNC(c1ccc(OC)cc1)c1cccc2c1OCC2. The van der Waals surface area contributed by atoms with Crippen molar-refractivity contribution < 1.29 is 9.47 Å². The van der Waals surface area contributed by atoms with Crippen molar-refractivity contribution in [1.82, 2.24) is 5.32 Å². The molecule has 0 amide bonds. The molecule has 1 atom stereocenters. The van der Waals surface area contributed by atoms with Crippen molar-refractivity contribution in [2.75, 3.05) is 20.8 Å². The van der Waals surface area contributed by atoms with E-state index in [9.17, 15) is 0 Å². The lowest BCUT2D eigenvalue weighted by atomic mass is 9.96. The van der Waals surface area contributed by atoms with E-state index >= 15 is 0 Å². The second kappa shape index (κ2) is 5.55. The predicted octanol–water partition coefficient (Wildman–Crippen LogP) is 2.94. The molecule has 0 spiro atoms. The monoisotopic (exact) mass is 269 g/mol. The molecule has 1 unspecified atom stereocenters. The largest absolute Gasteiger partial charge is 0.497 e. The van der Waals surface area contributed by atoms with Gasteiger partial charge in [0.2, 0.25) is 0 Å². The summed E-state index contributed by atoms with van der Waals surface area (Å²) in [6.45, 7) is 0.783. The van der Waals surface area contributed by atoms with E-state index in [0.717, 1.165) is 24.5 Å². The van der Waals surface area contributed by atoms with Crippen molar-refractivity contribution in [3.05, 3.63) is 59.2 Å². The predicted molar refractivity (Wildman–Crippen MR) is 79.5 cm³/mol. The van der Waals surface area contributed by atoms with Gasteiger partial charge in [-0.05, 0) is 30.3 Å². The fourth-order valence-electron chi connectivity index (χ4n) is 2.77. The van der Waals surface area contributed by atoms with Crippen LogP contribution in [0.15, 0.2) is 42.5 Å². The molecule has 0 bridgehead atoms. The van der Waals surface area contributed by atoms with Gasteiger partial charge in [0.25, 0.3) is 0 Å². The number of ether oxygens (including phenoxy) is 2. The first-order valence-electron chi connectivity index (χ1n) is 6.89. The van der Waals surface area contributed by atoms with Crippen LogP contribution in [-0.2, 0) is 6.42 Å². The molecule has 0 radical (unpaired) electrons. The van der Waals surface area contributed by atoms with Crippen LogP contribution in [0.25, 0.3) is 0 Å². The molecule has 0 aliphatic carbocycles. The van der Waals surface area contributed by atoms with Crippen LogP contribution in [0.5, 0.6) is 11.5 Å². The molecular weight excluding hydrogens is 250 g/mol. The Bertz CT molecular complexity index is 592. The van der Waals surface area contributed by atoms with E-state index in [1.54, 1.807) is 7.11 Å². The number of para-hydroxylation sites is 1. The number of rotatable bonds is 4. The number of benzene rings is 2. The Morgan fingerprint density at radius 3 is 2.65 bits per heavy atom. The zero-order valence-electron chi connectivity index (χ0n) is 11.8. The van der Waals surface area contributed by atoms with Crippen LogP contribution in [0.1, 0.15) is 22.7 Å². The maximum absolute atomic E-state index is 5.81. The minimum atomic E-state index is 0.133. The molecule has 3 rings (SSSR count). The van der Waals surface area contributed by atoms with Gasteiger partial charge >= 0.3 is 0 Å². The van der Waals surface area contributed by atoms with E-state index < -0.39 is 0 Å². The second-order valence-electron chi connectivity index (χ2n) is 4.93. The molecule has 0 aromatic heterocycles. The zero-order valence-corrected chi connectivity index (χ0v) is 11.8. The van der Waals surface area contributed by atoms with Crippen molar-refractivity contribution in [1.29, 1.82) is 0 Å². The van der Waals surface area contributed by atoms with E-state index in [4.69, 9.17) is 9.47 Å². The standard InChI is InChI=1S/C17H19NO2/c1-18-16(12-6-8-14(19-2)9-7-12)15-5-3-4-13-10-11-20-17(13)15/h3-9,16,18H,10-11H2,1-2H3. The Kier molecular flexibility index (Phi) is 3.61. The van der Waals surface area contributed by atoms with Crippen LogP contribution in [-0.4, -0.2) is 20.8 Å². The smallest absolute Gasteiger partial charge is 0.127 e. The van der Waals surface area contributed by atoms with Gasteiger partial charge in [0.1, 0.15) is 11.5 Å². The topological polar surface area (TPSA) is 30.5 Å². The van der Waals surface area contributed by atoms with Crippen LogP contribution in [0.3, 0.4) is 0 Å². The van der Waals surface area contributed by atoms with Crippen LogP contribution in [0.2, 0.25) is 0 Å². The van der Waals surface area contributed by atoms with E-state index in [1.807, 2.05) is 19.2 Å². The molecule has 1 heterocycles. The molecule has 1 aliphatic rings. The summed E-state index contributed by atoms with van der Waals surface area (Å²) in [7, 11) is 3.66. The summed E-state index contributed by atoms with van der Waals surface area (Å²) in [5, 5.41) is 3.38. The lowest BCUT2D eigenvalue weighted by Gasteiger charge is -2.20. The normalized spacial score (nSPS) is 14.5. The van der Waals surface area contributed by atoms with Crippen molar-refractivity contribution in [2.24, 2.45) is 0 Å². The highest BCUT2D eigenvalue weighted by molar-refractivity contribution is 5.49. The summed E-state index contributed by atoms with van der Waals surface area (Å²) >= 11 is 0. The Morgan fingerprint density at radius 1 is 1.15 bits per heavy atom. The molecule has 2 aromatic rings. The summed E-state index contributed by atoms with van der Waals surface area (Å²) in [6.07, 6.45) is 1.00. The third-order valence-electron chi connectivity index (χ3n) is 3.79. The van der Waals surface area contributed by atoms with Crippen molar-refractivity contribution >= 4 is 0 Å². The molecule has 3 heteroatoms. The van der Waals surface area contributed by atoms with Gasteiger partial charge < -0.3 is 14.8 Å². The summed E-state index contributed by atoms with van der Waals surface area (Å²) in [5.74, 6) is 1.92. The van der Waals surface area contributed by atoms with E-state index in [0.29, 0.717) is 0 Å². The molecule has 2 aromatic carbocycles. The average Bonchev–Trinajstić information content (AvgIpc) is 2.98. The summed E-state index contributed by atoms with van der Waals surface area (Å²) in [6, 6.07) is 14.7. The molecule has 1 N–H and O–H groups in total. The highest BCUT2D eigenvalue weighted by Crippen LogP contribution is 2.36. The van der Waals surface area contributed by atoms with Gasteiger partial charge in [-0.2, -0.15) is 0 Å². The molecule has 104 valence electrons. The molecule has 1 aliphatic heterocycles. The van der Waals surface area contributed by atoms with Crippen LogP contribution in [0.4, 0.5) is 0 Å². The molecule has 0 saturated heterocycles. The molecule has 3 nitrogen and oxygen atoms in total. The highest BCUT2D eigenvalue weighted by atomic mass is 16.5. The van der Waals surface area contributed by atoms with Crippen molar-refractivity contribution in [2.45, 2.75) is 12.5 Å². The molecule has 20 heavy (non-hydrogen) atoms. The maximum atomic E-state index is 5.81. The quantitative estimate of drug-likeness (QED) is 0.925. The minimum Gasteiger partial charge on any atom is -0.497 e. The van der Waals surface area contributed by atoms with Crippen molar-refractivity contribution in [3.63, 3.8) is 0 Å². The van der Waals surface area contributed by atoms with Crippen molar-refractivity contribution in [3.8, 4) is 11.5 Å². The van der Waals surface area contributed by atoms with Crippen LogP contribution in [0, 0.1) is 0 Å². The first-order valence-corrected chi connectivity index (χ1v) is 6.89. The summed E-state index contributed by atoms with van der Waals surface area (Å²) in [4.78, 5) is 0. The molecule has 0 fully saturated rings. The number of hydrogen-bond donors (Lipinski definition) is 1. The first kappa shape index (κ1) is 13.0. The second-order valence-corrected chi connectivity index (χ2v) is 4.93. The Morgan fingerprint density at radius 2 is 1.95 bits per heavy atom. The van der Waals surface area contributed by atoms with Crippen LogP contribution < -0.4 is 14.8 Å². The van der Waals surface area contributed by atoms with Gasteiger partial charge in [-0.25, -0.2) is 0 Å². The fourth-order valence-corrected chi connectivity index (χ4v) is 2.77. The van der Waals surface area contributed by atoms with Gasteiger partial charge in [-0.15, -0.1) is 0 Å². The Labute approximate surface area is 119 Å². The third-order valence-corrected chi connectivity index (χ3v) is 3.79. The van der Waals surface area contributed by atoms with E-state index in [-0.39, 0.29) is 6.04 Å². The maximum Gasteiger partial charge on any atom is 0.127 e. The third kappa shape index (κ3) is 2.25. The van der Waals surface area contributed by atoms with Gasteiger partial charge in [-0.1, -0.05) is 30.3 Å². The molecule has 0 saturated carbocycles. The molecular formula is C17H19NO2.